The van der Waals surface area contributed by atoms with Gasteiger partial charge >= 0.3 is 7.12 Å². The van der Waals surface area contributed by atoms with E-state index in [1.165, 1.54) is 16.2 Å². The lowest BCUT2D eigenvalue weighted by Crippen LogP contribution is -2.41. The van der Waals surface area contributed by atoms with E-state index in [-0.39, 0.29) is 0 Å². The molecule has 0 aliphatic carbocycles. The molecule has 1 aliphatic heterocycles. The van der Waals surface area contributed by atoms with E-state index in [2.05, 4.69) is 66.7 Å². The zero-order valence-electron chi connectivity index (χ0n) is 18.3. The van der Waals surface area contributed by atoms with Crippen molar-refractivity contribution in [2.75, 3.05) is 0 Å². The third-order valence-electron chi connectivity index (χ3n) is 6.69. The molecule has 5 rings (SSSR count). The molecule has 0 N–H and O–H groups in total. The van der Waals surface area contributed by atoms with Gasteiger partial charge < -0.3 is 9.31 Å². The summed E-state index contributed by atoms with van der Waals surface area (Å²) in [7, 11) is -0.510. The SMILES string of the molecule is CC1(C)OB(c2cc(C#N)cc(-c3cc4ccccc4c4ccccc34)c2)OC1(C)C. The van der Waals surface area contributed by atoms with Gasteiger partial charge in [0.05, 0.1) is 22.8 Å². The van der Waals surface area contributed by atoms with Crippen molar-refractivity contribution in [3.8, 4) is 17.2 Å². The normalized spacial score (nSPS) is 17.2. The van der Waals surface area contributed by atoms with Crippen molar-refractivity contribution in [1.29, 1.82) is 5.26 Å². The van der Waals surface area contributed by atoms with Crippen LogP contribution in [0.4, 0.5) is 0 Å². The van der Waals surface area contributed by atoms with Crippen LogP contribution in [0.1, 0.15) is 33.3 Å². The quantitative estimate of drug-likeness (QED) is 0.311. The summed E-state index contributed by atoms with van der Waals surface area (Å²) in [6, 6.07) is 27.3. The maximum absolute atomic E-state index is 9.73. The minimum atomic E-state index is -0.510. The van der Waals surface area contributed by atoms with Crippen LogP contribution in [0.3, 0.4) is 0 Å². The Labute approximate surface area is 183 Å². The van der Waals surface area contributed by atoms with Crippen molar-refractivity contribution in [1.82, 2.24) is 0 Å². The fourth-order valence-electron chi connectivity index (χ4n) is 4.28. The Kier molecular flexibility index (Phi) is 4.44. The summed E-state index contributed by atoms with van der Waals surface area (Å²) in [5.74, 6) is 0. The van der Waals surface area contributed by atoms with Crippen LogP contribution in [0.2, 0.25) is 0 Å². The molecule has 1 saturated heterocycles. The van der Waals surface area contributed by atoms with Gasteiger partial charge in [-0.3, -0.25) is 0 Å². The van der Waals surface area contributed by atoms with Gasteiger partial charge in [-0.15, -0.1) is 0 Å². The lowest BCUT2D eigenvalue weighted by atomic mass is 9.76. The predicted octanol–water partition coefficient (Wildman–Crippen LogP) is 5.83. The number of fused-ring (bicyclic) bond motifs is 3. The van der Waals surface area contributed by atoms with Gasteiger partial charge in [-0.1, -0.05) is 54.6 Å². The molecule has 0 aromatic heterocycles. The molecule has 1 fully saturated rings. The summed E-state index contributed by atoms with van der Waals surface area (Å²) < 4.78 is 12.5. The molecular formula is C27H24BNO2. The lowest BCUT2D eigenvalue weighted by Gasteiger charge is -2.32. The van der Waals surface area contributed by atoms with Crippen LogP contribution in [0.5, 0.6) is 0 Å². The second-order valence-electron chi connectivity index (χ2n) is 9.23. The highest BCUT2D eigenvalue weighted by Crippen LogP contribution is 2.38. The van der Waals surface area contributed by atoms with E-state index in [1.54, 1.807) is 0 Å². The Hall–Kier alpha value is -3.13. The Balaban J connectivity index is 1.72. The number of hydrogen-bond donors (Lipinski definition) is 0. The first kappa shape index (κ1) is 19.8. The van der Waals surface area contributed by atoms with Crippen LogP contribution in [0.25, 0.3) is 32.7 Å². The molecule has 31 heavy (non-hydrogen) atoms. The van der Waals surface area contributed by atoms with Gasteiger partial charge in [0.1, 0.15) is 0 Å². The van der Waals surface area contributed by atoms with Crippen LogP contribution < -0.4 is 5.46 Å². The largest absolute Gasteiger partial charge is 0.494 e. The maximum Gasteiger partial charge on any atom is 0.494 e. The lowest BCUT2D eigenvalue weighted by molar-refractivity contribution is 0.00578. The molecule has 4 aromatic rings. The van der Waals surface area contributed by atoms with Gasteiger partial charge in [0, 0.05) is 0 Å². The highest BCUT2D eigenvalue weighted by Gasteiger charge is 2.51. The van der Waals surface area contributed by atoms with E-state index >= 15 is 0 Å². The molecule has 0 bridgehead atoms. The van der Waals surface area contributed by atoms with Crippen molar-refractivity contribution in [2.24, 2.45) is 0 Å². The Bertz CT molecular complexity index is 1350. The first-order chi connectivity index (χ1) is 14.8. The van der Waals surface area contributed by atoms with Crippen LogP contribution in [0.15, 0.2) is 72.8 Å². The highest BCUT2D eigenvalue weighted by atomic mass is 16.7. The molecule has 1 aliphatic rings. The molecule has 4 heteroatoms. The summed E-state index contributed by atoms with van der Waals surface area (Å²) >= 11 is 0. The topological polar surface area (TPSA) is 42.2 Å². The Morgan fingerprint density at radius 1 is 0.742 bits per heavy atom. The van der Waals surface area contributed by atoms with Crippen molar-refractivity contribution in [3.63, 3.8) is 0 Å². The average Bonchev–Trinajstić information content (AvgIpc) is 2.99. The second kappa shape index (κ2) is 6.95. The maximum atomic E-state index is 9.73. The Morgan fingerprint density at radius 2 is 1.35 bits per heavy atom. The molecule has 0 radical (unpaired) electrons. The number of nitrogens with zero attached hydrogens (tertiary/aromatic N) is 1. The fourth-order valence-corrected chi connectivity index (χ4v) is 4.28. The van der Waals surface area contributed by atoms with Crippen LogP contribution in [0, 0.1) is 11.3 Å². The zero-order valence-corrected chi connectivity index (χ0v) is 18.3. The monoisotopic (exact) mass is 405 g/mol. The van der Waals surface area contributed by atoms with Gasteiger partial charge in [-0.2, -0.15) is 5.26 Å². The summed E-state index contributed by atoms with van der Waals surface area (Å²) in [6.45, 7) is 8.16. The first-order valence-corrected chi connectivity index (χ1v) is 10.6. The number of nitriles is 1. The van der Waals surface area contributed by atoms with E-state index in [0.29, 0.717) is 5.56 Å². The molecule has 0 unspecified atom stereocenters. The van der Waals surface area contributed by atoms with E-state index < -0.39 is 18.3 Å². The van der Waals surface area contributed by atoms with E-state index in [4.69, 9.17) is 9.31 Å². The van der Waals surface area contributed by atoms with Crippen molar-refractivity contribution in [2.45, 2.75) is 38.9 Å². The van der Waals surface area contributed by atoms with Crippen molar-refractivity contribution in [3.05, 3.63) is 78.4 Å². The molecule has 1 heterocycles. The standard InChI is InChI=1S/C27H24BNO2/c1-26(2)27(3,4)31-28(30-26)21-14-18(17-29)13-20(15-21)25-16-19-9-5-6-10-22(19)23-11-7-8-12-24(23)25/h5-16H,1-4H3. The van der Waals surface area contributed by atoms with E-state index in [1.807, 2.05) is 39.8 Å². The fraction of sp³-hybridized carbons (Fsp3) is 0.222. The van der Waals surface area contributed by atoms with Crippen molar-refractivity contribution >= 4 is 34.1 Å². The zero-order chi connectivity index (χ0) is 21.8. The molecule has 0 saturated carbocycles. The Morgan fingerprint density at radius 3 is 2.03 bits per heavy atom. The van der Waals surface area contributed by atoms with E-state index in [0.717, 1.165) is 22.0 Å². The molecule has 4 aromatic carbocycles. The summed E-state index contributed by atoms with van der Waals surface area (Å²) in [4.78, 5) is 0. The van der Waals surface area contributed by atoms with Crippen LogP contribution >= 0.6 is 0 Å². The van der Waals surface area contributed by atoms with Crippen LogP contribution in [-0.2, 0) is 9.31 Å². The van der Waals surface area contributed by atoms with Gasteiger partial charge in [0.2, 0.25) is 0 Å². The predicted molar refractivity (Wildman–Crippen MR) is 127 cm³/mol. The van der Waals surface area contributed by atoms with Gasteiger partial charge in [0.25, 0.3) is 0 Å². The minimum Gasteiger partial charge on any atom is -0.399 e. The number of hydrogen-bond acceptors (Lipinski definition) is 3. The third-order valence-corrected chi connectivity index (χ3v) is 6.69. The van der Waals surface area contributed by atoms with Gasteiger partial charge in [-0.05, 0) is 84.0 Å². The third kappa shape index (κ3) is 3.22. The van der Waals surface area contributed by atoms with Crippen LogP contribution in [-0.4, -0.2) is 18.3 Å². The molecule has 0 spiro atoms. The first-order valence-electron chi connectivity index (χ1n) is 10.6. The minimum absolute atomic E-state index is 0.434. The molecule has 3 nitrogen and oxygen atoms in total. The molecule has 152 valence electrons. The summed E-state index contributed by atoms with van der Waals surface area (Å²) in [5.41, 5.74) is 2.69. The molecule has 0 atom stereocenters. The molecule has 0 amide bonds. The molecular weight excluding hydrogens is 381 g/mol. The summed E-state index contributed by atoms with van der Waals surface area (Å²) in [5, 5.41) is 14.5. The number of benzene rings is 4. The second-order valence-corrected chi connectivity index (χ2v) is 9.23. The van der Waals surface area contributed by atoms with Gasteiger partial charge in [0.15, 0.2) is 0 Å². The number of rotatable bonds is 2. The average molecular weight is 405 g/mol. The van der Waals surface area contributed by atoms with E-state index in [9.17, 15) is 5.26 Å². The summed E-state index contributed by atoms with van der Waals surface area (Å²) in [6.07, 6.45) is 0. The van der Waals surface area contributed by atoms with Crippen molar-refractivity contribution < 1.29 is 9.31 Å². The smallest absolute Gasteiger partial charge is 0.399 e. The highest BCUT2D eigenvalue weighted by molar-refractivity contribution is 6.62. The van der Waals surface area contributed by atoms with Gasteiger partial charge in [-0.25, -0.2) is 0 Å².